The molecule has 3 aliphatic rings. The summed E-state index contributed by atoms with van der Waals surface area (Å²) in [7, 11) is 0. The summed E-state index contributed by atoms with van der Waals surface area (Å²) in [5.74, 6) is 0.444. The van der Waals surface area contributed by atoms with Gasteiger partial charge in [-0.2, -0.15) is 0 Å². The van der Waals surface area contributed by atoms with Crippen molar-refractivity contribution in [3.05, 3.63) is 94.5 Å². The topological polar surface area (TPSA) is 42.0 Å². The number of nitrogens with zero attached hydrogens (tertiary/aromatic N) is 1. The molecule has 4 aromatic rings. The van der Waals surface area contributed by atoms with Crippen molar-refractivity contribution in [2.24, 2.45) is 5.41 Å². The Hall–Kier alpha value is -2.98. The third-order valence-corrected chi connectivity index (χ3v) is 7.53. The van der Waals surface area contributed by atoms with E-state index in [9.17, 15) is 4.79 Å². The molecule has 1 atom stereocenters. The van der Waals surface area contributed by atoms with Crippen molar-refractivity contribution in [1.82, 2.24) is 4.98 Å². The fourth-order valence-electron chi connectivity index (χ4n) is 5.40. The van der Waals surface area contributed by atoms with Gasteiger partial charge in [-0.25, -0.2) is 4.98 Å². The Morgan fingerprint density at radius 3 is 2.34 bits per heavy atom. The van der Waals surface area contributed by atoms with E-state index in [2.05, 4.69) is 65.8 Å². The molecule has 142 valence electrons. The van der Waals surface area contributed by atoms with Crippen molar-refractivity contribution >= 4 is 33.1 Å². The van der Waals surface area contributed by atoms with Crippen molar-refractivity contribution in [2.75, 3.05) is 5.32 Å². The Morgan fingerprint density at radius 1 is 1.00 bits per heavy atom. The average Bonchev–Trinajstić information content (AvgIpc) is 3.22. The van der Waals surface area contributed by atoms with Crippen molar-refractivity contribution < 1.29 is 4.79 Å². The third kappa shape index (κ3) is 2.36. The van der Waals surface area contributed by atoms with Gasteiger partial charge in [0.25, 0.3) is 0 Å². The third-order valence-electron chi connectivity index (χ3n) is 6.74. The first-order chi connectivity index (χ1) is 14.1. The molecule has 1 N–H and O–H groups in total. The van der Waals surface area contributed by atoms with Crippen LogP contribution < -0.4 is 5.32 Å². The Balaban J connectivity index is 1.43. The minimum atomic E-state index is -0.490. The van der Waals surface area contributed by atoms with E-state index >= 15 is 0 Å². The Bertz CT molecular complexity index is 1230. The van der Waals surface area contributed by atoms with Crippen LogP contribution in [0.4, 0.5) is 5.69 Å². The summed E-state index contributed by atoms with van der Waals surface area (Å²) in [6.45, 7) is 2.14. The lowest BCUT2D eigenvalue weighted by Gasteiger charge is -2.50. The molecule has 1 heterocycles. The van der Waals surface area contributed by atoms with E-state index in [-0.39, 0.29) is 17.7 Å². The van der Waals surface area contributed by atoms with Crippen LogP contribution in [0.3, 0.4) is 0 Å². The molecule has 0 saturated carbocycles. The second-order valence-electron chi connectivity index (χ2n) is 8.35. The van der Waals surface area contributed by atoms with Crippen LogP contribution in [0.15, 0.2) is 72.2 Å². The van der Waals surface area contributed by atoms with Crippen molar-refractivity contribution in [3.63, 3.8) is 0 Å². The zero-order chi connectivity index (χ0) is 19.6. The molecule has 1 aromatic heterocycles. The summed E-state index contributed by atoms with van der Waals surface area (Å²) in [4.78, 5) is 18.0. The fourth-order valence-corrected chi connectivity index (χ4v) is 6.11. The predicted molar refractivity (Wildman–Crippen MR) is 118 cm³/mol. The van der Waals surface area contributed by atoms with E-state index in [0.717, 1.165) is 22.3 Å². The van der Waals surface area contributed by atoms with E-state index < -0.39 is 5.41 Å². The number of amides is 1. The molecule has 2 bridgehead atoms. The maximum atomic E-state index is 13.6. The number of fused-ring (bicyclic) bond motifs is 2. The maximum absolute atomic E-state index is 13.6. The number of hydrogen-bond donors (Lipinski definition) is 1. The van der Waals surface area contributed by atoms with Gasteiger partial charge in [0.2, 0.25) is 5.91 Å². The van der Waals surface area contributed by atoms with Crippen LogP contribution in [0.25, 0.3) is 10.2 Å². The summed E-state index contributed by atoms with van der Waals surface area (Å²) < 4.78 is 1.09. The molecule has 0 radical (unpaired) electrons. The van der Waals surface area contributed by atoms with Crippen molar-refractivity contribution in [2.45, 2.75) is 25.2 Å². The monoisotopic (exact) mass is 396 g/mol. The lowest BCUT2D eigenvalue weighted by atomic mass is 9.52. The van der Waals surface area contributed by atoms with E-state index in [4.69, 9.17) is 0 Å². The number of carbonyl (C=O) groups is 1. The van der Waals surface area contributed by atoms with E-state index in [1.54, 1.807) is 11.3 Å². The molecule has 0 fully saturated rings. The van der Waals surface area contributed by atoms with Crippen LogP contribution in [0.2, 0.25) is 0 Å². The minimum absolute atomic E-state index is 0.0760. The normalized spacial score (nSPS) is 24.2. The Morgan fingerprint density at radius 2 is 1.66 bits per heavy atom. The van der Waals surface area contributed by atoms with Crippen molar-refractivity contribution in [1.29, 1.82) is 0 Å². The number of carbonyl (C=O) groups excluding carboxylic acids is 1. The van der Waals surface area contributed by atoms with Gasteiger partial charge >= 0.3 is 0 Å². The highest BCUT2D eigenvalue weighted by molar-refractivity contribution is 7.16. The summed E-state index contributed by atoms with van der Waals surface area (Å²) in [6.07, 6.45) is 0.834. The van der Waals surface area contributed by atoms with Gasteiger partial charge < -0.3 is 5.32 Å². The average molecular weight is 397 g/mol. The molecular weight excluding hydrogens is 376 g/mol. The highest BCUT2D eigenvalue weighted by Gasteiger charge is 2.53. The second kappa shape index (κ2) is 6.01. The summed E-state index contributed by atoms with van der Waals surface area (Å²) in [5.41, 5.74) is 8.53. The number of hydrogen-bond acceptors (Lipinski definition) is 3. The molecule has 7 rings (SSSR count). The molecule has 0 unspecified atom stereocenters. The summed E-state index contributed by atoms with van der Waals surface area (Å²) in [5, 5.41) is 3.22. The largest absolute Gasteiger partial charge is 0.326 e. The zero-order valence-corrected chi connectivity index (χ0v) is 16.9. The first-order valence-electron chi connectivity index (χ1n) is 9.97. The summed E-state index contributed by atoms with van der Waals surface area (Å²) >= 11 is 1.59. The lowest BCUT2D eigenvalue weighted by molar-refractivity contribution is -0.126. The van der Waals surface area contributed by atoms with Gasteiger partial charge in [-0.05, 0) is 53.8 Å². The van der Waals surface area contributed by atoms with Gasteiger partial charge in [-0.15, -0.1) is 11.3 Å². The molecule has 1 amide bonds. The molecular formula is C25H20N2OS. The lowest BCUT2D eigenvalue weighted by Crippen LogP contribution is -2.47. The zero-order valence-electron chi connectivity index (χ0n) is 16.1. The van der Waals surface area contributed by atoms with Gasteiger partial charge in [-0.3, -0.25) is 4.79 Å². The predicted octanol–water partition coefficient (Wildman–Crippen LogP) is 5.92. The van der Waals surface area contributed by atoms with Gasteiger partial charge in [-0.1, -0.05) is 48.5 Å². The molecule has 0 aliphatic heterocycles. The van der Waals surface area contributed by atoms with E-state index in [0.29, 0.717) is 0 Å². The number of nitrogens with one attached hydrogen (secondary N) is 1. The Labute approximate surface area is 173 Å². The summed E-state index contributed by atoms with van der Waals surface area (Å²) in [6, 6.07) is 23.2. The maximum Gasteiger partial charge on any atom is 0.231 e. The highest BCUT2D eigenvalue weighted by Crippen LogP contribution is 2.61. The first kappa shape index (κ1) is 16.9. The van der Waals surface area contributed by atoms with Gasteiger partial charge in [0.05, 0.1) is 21.1 Å². The Kier molecular flexibility index (Phi) is 3.51. The first-order valence-corrected chi connectivity index (χ1v) is 10.9. The van der Waals surface area contributed by atoms with Gasteiger partial charge in [0.1, 0.15) is 0 Å². The van der Waals surface area contributed by atoms with Crippen LogP contribution in [0.1, 0.15) is 47.4 Å². The number of aromatic nitrogens is 1. The number of thiazole rings is 1. The van der Waals surface area contributed by atoms with Crippen LogP contribution in [0, 0.1) is 5.41 Å². The molecule has 4 heteroatoms. The fraction of sp³-hybridized carbons (Fsp3) is 0.200. The second-order valence-corrected chi connectivity index (χ2v) is 9.24. The highest BCUT2D eigenvalue weighted by atomic mass is 32.1. The van der Waals surface area contributed by atoms with Crippen molar-refractivity contribution in [3.8, 4) is 0 Å². The van der Waals surface area contributed by atoms with Crippen LogP contribution in [-0.4, -0.2) is 10.9 Å². The van der Waals surface area contributed by atoms with Crippen LogP contribution in [0.5, 0.6) is 0 Å². The molecule has 29 heavy (non-hydrogen) atoms. The number of rotatable bonds is 2. The SMILES string of the molecule is C[C@@]1(C(=O)Nc2ccc3ncsc3c2)CC2c3ccccc3C1c1ccccc12. The number of anilines is 1. The number of benzene rings is 3. The van der Waals surface area contributed by atoms with Gasteiger partial charge in [0, 0.05) is 17.5 Å². The molecule has 3 nitrogen and oxygen atoms in total. The molecule has 0 spiro atoms. The minimum Gasteiger partial charge on any atom is -0.326 e. The van der Waals surface area contributed by atoms with Crippen LogP contribution in [-0.2, 0) is 4.79 Å². The molecule has 3 aromatic carbocycles. The molecule has 3 aliphatic carbocycles. The van der Waals surface area contributed by atoms with Crippen LogP contribution >= 0.6 is 11.3 Å². The van der Waals surface area contributed by atoms with E-state index in [1.165, 1.54) is 22.3 Å². The quantitative estimate of drug-likeness (QED) is 0.457. The standard InChI is InChI=1S/C25H20N2OS/c1-25(24(28)27-15-10-11-21-22(12-15)29-14-26-21)13-20-16-6-2-4-8-18(16)23(25)19-9-5-3-7-17(19)20/h2-12,14,20,23H,13H2,1H3,(H,27,28)/t20?,23?,25-/m1/s1. The van der Waals surface area contributed by atoms with Gasteiger partial charge in [0.15, 0.2) is 0 Å². The molecule has 0 saturated heterocycles. The smallest absolute Gasteiger partial charge is 0.231 e. The van der Waals surface area contributed by atoms with E-state index in [1.807, 2.05) is 23.7 Å².